The molecule has 2 bridgehead atoms. The molecule has 1 atom stereocenters. The number of rotatable bonds is 0. The zero-order chi connectivity index (χ0) is 8.97. The third-order valence-corrected chi connectivity index (χ3v) is 1.93. The third-order valence-electron chi connectivity index (χ3n) is 1.93. The molecule has 1 unspecified atom stereocenters. The molecule has 2 aliphatic rings. The summed E-state index contributed by atoms with van der Waals surface area (Å²) >= 11 is 0. The normalized spacial score (nSPS) is 15.8. The molecule has 6 N–H and O–H groups in total. The van der Waals surface area contributed by atoms with Crippen LogP contribution in [-0.4, -0.2) is 6.54 Å². The first kappa shape index (κ1) is 17.0. The van der Waals surface area contributed by atoms with Gasteiger partial charge >= 0.3 is 0 Å². The number of hydrogen-bond donors (Lipinski definition) is 2. The number of halogens is 2. The lowest BCUT2D eigenvalue weighted by molar-refractivity contribution is -0.426. The van der Waals surface area contributed by atoms with Gasteiger partial charge in [0.1, 0.15) is 6.04 Å². The summed E-state index contributed by atoms with van der Waals surface area (Å²) < 4.78 is 0. The van der Waals surface area contributed by atoms with Crippen LogP contribution < -0.4 is 59.4 Å². The van der Waals surface area contributed by atoms with Crippen molar-refractivity contribution in [2.45, 2.75) is 19.4 Å². The van der Waals surface area contributed by atoms with E-state index >= 15 is 0 Å². The highest BCUT2D eigenvalue weighted by molar-refractivity contribution is 5.30. The Kier molecular flexibility index (Phi) is 10.8. The van der Waals surface area contributed by atoms with E-state index in [9.17, 15) is 0 Å². The van der Waals surface area contributed by atoms with Gasteiger partial charge in [0.25, 0.3) is 0 Å². The van der Waals surface area contributed by atoms with Gasteiger partial charge in [0, 0.05) is 12.0 Å². The van der Waals surface area contributed by atoms with Gasteiger partial charge in [-0.3, -0.25) is 0 Å². The standard InChI is InChI=1S/C8H9N.C2H7N.2HI/c9-8-5-6-1-3-7(8)4-2-6;1-2-3;;/h1-4,8H,5,9H2;2-3H2,1H3;2*1H. The minimum Gasteiger partial charge on any atom is -1.00 e. The van der Waals surface area contributed by atoms with Crippen LogP contribution >= 0.6 is 0 Å². The maximum absolute atomic E-state index is 4.02. The van der Waals surface area contributed by atoms with Crippen molar-refractivity contribution >= 4 is 0 Å². The number of quaternary nitrogens is 2. The second kappa shape index (κ2) is 8.87. The van der Waals surface area contributed by atoms with Crippen molar-refractivity contribution in [2.24, 2.45) is 0 Å². The molecule has 0 spiro atoms. The van der Waals surface area contributed by atoms with Crippen molar-refractivity contribution in [3.05, 3.63) is 35.4 Å². The lowest BCUT2D eigenvalue weighted by Crippen LogP contribution is -3.00. The van der Waals surface area contributed by atoms with Crippen molar-refractivity contribution < 1.29 is 59.4 Å². The maximum Gasteiger partial charge on any atom is 0.114 e. The fourth-order valence-electron chi connectivity index (χ4n) is 1.33. The largest absolute Gasteiger partial charge is 1.00 e. The van der Waals surface area contributed by atoms with E-state index in [1.807, 2.05) is 6.92 Å². The molecule has 0 aliphatic heterocycles. The smallest absolute Gasteiger partial charge is 0.114 e. The Morgan fingerprint density at radius 2 is 1.64 bits per heavy atom. The van der Waals surface area contributed by atoms with Crippen LogP contribution in [0.1, 0.15) is 24.1 Å². The van der Waals surface area contributed by atoms with Crippen molar-refractivity contribution in [3.8, 4) is 0 Å². The molecule has 0 radical (unpaired) electrons. The summed E-state index contributed by atoms with van der Waals surface area (Å²) in [5.41, 5.74) is 10.3. The molecule has 1 aromatic rings. The van der Waals surface area contributed by atoms with Gasteiger partial charge < -0.3 is 59.4 Å². The van der Waals surface area contributed by atoms with Crippen LogP contribution in [-0.2, 0) is 6.42 Å². The van der Waals surface area contributed by atoms with E-state index in [-0.39, 0.29) is 48.0 Å². The molecular formula is C10H18I2N2. The maximum atomic E-state index is 4.02. The van der Waals surface area contributed by atoms with Crippen molar-refractivity contribution in [3.63, 3.8) is 0 Å². The Labute approximate surface area is 120 Å². The molecule has 82 valence electrons. The monoisotopic (exact) mass is 420 g/mol. The predicted molar refractivity (Wildman–Crippen MR) is 49.2 cm³/mol. The van der Waals surface area contributed by atoms with Crippen LogP contribution in [0.2, 0.25) is 0 Å². The average molecular weight is 420 g/mol. The summed E-state index contributed by atoms with van der Waals surface area (Å²) in [6, 6.07) is 9.20. The zero-order valence-electron chi connectivity index (χ0n) is 8.47. The van der Waals surface area contributed by atoms with Gasteiger partial charge in [-0.05, 0) is 12.5 Å². The van der Waals surface area contributed by atoms with Gasteiger partial charge in [0.05, 0.1) is 6.54 Å². The average Bonchev–Trinajstić information content (AvgIpc) is 2.07. The molecule has 0 amide bonds. The fraction of sp³-hybridized carbons (Fsp3) is 0.400. The van der Waals surface area contributed by atoms with Crippen LogP contribution in [0.15, 0.2) is 24.3 Å². The molecule has 1 aromatic carbocycles. The highest BCUT2D eigenvalue weighted by Gasteiger charge is 2.15. The van der Waals surface area contributed by atoms with E-state index in [1.165, 1.54) is 11.1 Å². The number of fused-ring (bicyclic) bond motifs is 3. The minimum atomic E-state index is 0. The number of benzene rings is 1. The Hall–Kier alpha value is 0.600. The molecule has 0 fully saturated rings. The van der Waals surface area contributed by atoms with Crippen molar-refractivity contribution in [2.75, 3.05) is 6.54 Å². The van der Waals surface area contributed by atoms with Crippen LogP contribution in [0.25, 0.3) is 0 Å². The van der Waals surface area contributed by atoms with E-state index < -0.39 is 0 Å². The number of hydrogen-bond acceptors (Lipinski definition) is 0. The Balaban J connectivity index is 0. The van der Waals surface area contributed by atoms with Gasteiger partial charge in [-0.1, -0.05) is 24.3 Å². The highest BCUT2D eigenvalue weighted by Crippen LogP contribution is 2.20. The molecule has 2 nitrogen and oxygen atoms in total. The second-order valence-corrected chi connectivity index (χ2v) is 3.14. The van der Waals surface area contributed by atoms with E-state index in [2.05, 4.69) is 35.7 Å². The predicted octanol–water partition coefficient (Wildman–Crippen LogP) is -6.22. The molecule has 0 saturated heterocycles. The van der Waals surface area contributed by atoms with Gasteiger partial charge in [-0.2, -0.15) is 0 Å². The van der Waals surface area contributed by atoms with Gasteiger partial charge in [-0.25, -0.2) is 0 Å². The van der Waals surface area contributed by atoms with E-state index in [1.54, 1.807) is 0 Å². The first-order valence-electron chi connectivity index (χ1n) is 4.49. The molecule has 14 heavy (non-hydrogen) atoms. The lowest BCUT2D eigenvalue weighted by atomic mass is 9.92. The molecule has 2 aliphatic carbocycles. The molecule has 3 rings (SSSR count). The summed E-state index contributed by atoms with van der Waals surface area (Å²) in [4.78, 5) is 0. The van der Waals surface area contributed by atoms with Crippen LogP contribution in [0.5, 0.6) is 0 Å². The zero-order valence-corrected chi connectivity index (χ0v) is 12.8. The fourth-order valence-corrected chi connectivity index (χ4v) is 1.33. The molecular weight excluding hydrogens is 402 g/mol. The Bertz CT molecular complexity index is 236. The van der Waals surface area contributed by atoms with E-state index in [0.29, 0.717) is 6.04 Å². The second-order valence-electron chi connectivity index (χ2n) is 3.14. The SMILES string of the molecule is CC[NH3+].[I-].[I-].[NH3+]C1Cc2ccc1cc2. The summed E-state index contributed by atoms with van der Waals surface area (Å²) in [7, 11) is 0. The molecule has 0 heterocycles. The summed E-state index contributed by atoms with van der Waals surface area (Å²) in [5, 5.41) is 0. The summed E-state index contributed by atoms with van der Waals surface area (Å²) in [6.45, 7) is 3.01. The highest BCUT2D eigenvalue weighted by atomic mass is 127. The van der Waals surface area contributed by atoms with Gasteiger partial charge in [0.2, 0.25) is 0 Å². The third kappa shape index (κ3) is 4.90. The quantitative estimate of drug-likeness (QED) is 0.393. The van der Waals surface area contributed by atoms with E-state index in [4.69, 9.17) is 0 Å². The Morgan fingerprint density at radius 1 is 1.21 bits per heavy atom. The molecule has 0 saturated carbocycles. The van der Waals surface area contributed by atoms with E-state index in [0.717, 1.165) is 13.0 Å². The van der Waals surface area contributed by atoms with Crippen molar-refractivity contribution in [1.29, 1.82) is 0 Å². The first-order chi connectivity index (χ1) is 5.77. The minimum absolute atomic E-state index is 0. The summed E-state index contributed by atoms with van der Waals surface area (Å²) in [6.07, 6.45) is 1.14. The molecule has 4 heteroatoms. The first-order valence-corrected chi connectivity index (χ1v) is 4.49. The van der Waals surface area contributed by atoms with Crippen LogP contribution in [0, 0.1) is 0 Å². The Morgan fingerprint density at radius 3 is 1.79 bits per heavy atom. The van der Waals surface area contributed by atoms with Crippen molar-refractivity contribution in [1.82, 2.24) is 0 Å². The van der Waals surface area contributed by atoms with Crippen LogP contribution in [0.3, 0.4) is 0 Å². The molecule has 0 aromatic heterocycles. The topological polar surface area (TPSA) is 55.3 Å². The summed E-state index contributed by atoms with van der Waals surface area (Å²) in [5.74, 6) is 0. The van der Waals surface area contributed by atoms with Gasteiger partial charge in [-0.15, -0.1) is 0 Å². The van der Waals surface area contributed by atoms with Gasteiger partial charge in [0.15, 0.2) is 0 Å². The van der Waals surface area contributed by atoms with Crippen LogP contribution in [0.4, 0.5) is 0 Å². The lowest BCUT2D eigenvalue weighted by Gasteiger charge is -2.15.